The van der Waals surface area contributed by atoms with E-state index in [1.165, 1.54) is 0 Å². The molecule has 0 radical (unpaired) electrons. The SMILES string of the molecule is Cc1cc(NC(=O)N[C@@H]2c3cc(F)c(F)cc3C(C)(C)C[C@H]2O)c(C2CCOCC2)nc1C(=O)O. The lowest BCUT2D eigenvalue weighted by atomic mass is 9.69. The minimum Gasteiger partial charge on any atom is -0.477 e. The van der Waals surface area contributed by atoms with Gasteiger partial charge in [-0.05, 0) is 66.5 Å². The molecular formula is C25H29F2N3O5. The quantitative estimate of drug-likeness (QED) is 0.512. The Morgan fingerprint density at radius 3 is 2.46 bits per heavy atom. The number of ether oxygens (including phenoxy) is 1. The fourth-order valence-corrected chi connectivity index (χ4v) is 5.06. The Kier molecular flexibility index (Phi) is 6.79. The summed E-state index contributed by atoms with van der Waals surface area (Å²) in [6, 6.07) is 2.05. The maximum absolute atomic E-state index is 14.1. The molecule has 1 aliphatic heterocycles. The largest absolute Gasteiger partial charge is 0.477 e. The van der Waals surface area contributed by atoms with Gasteiger partial charge in [0.25, 0.3) is 0 Å². The van der Waals surface area contributed by atoms with Crippen molar-refractivity contribution in [2.75, 3.05) is 18.5 Å². The van der Waals surface area contributed by atoms with Crippen LogP contribution in [0.25, 0.3) is 0 Å². The van der Waals surface area contributed by atoms with Crippen molar-refractivity contribution < 1.29 is 33.3 Å². The summed E-state index contributed by atoms with van der Waals surface area (Å²) in [7, 11) is 0. The van der Waals surface area contributed by atoms with Crippen molar-refractivity contribution >= 4 is 17.7 Å². The molecule has 8 nitrogen and oxygen atoms in total. The van der Waals surface area contributed by atoms with Crippen LogP contribution in [0.15, 0.2) is 18.2 Å². The van der Waals surface area contributed by atoms with Crippen LogP contribution in [0.5, 0.6) is 0 Å². The number of carboxylic acid groups (broad SMARTS) is 1. The molecule has 0 saturated carbocycles. The number of urea groups is 1. The number of aromatic carboxylic acids is 1. The predicted molar refractivity (Wildman–Crippen MR) is 124 cm³/mol. The number of carbonyl (C=O) groups is 2. The van der Waals surface area contributed by atoms with Gasteiger partial charge in [-0.1, -0.05) is 13.8 Å². The Bertz CT molecular complexity index is 1160. The van der Waals surface area contributed by atoms with Crippen LogP contribution in [0.4, 0.5) is 19.3 Å². The first-order valence-corrected chi connectivity index (χ1v) is 11.6. The first-order valence-electron chi connectivity index (χ1n) is 11.6. The standard InChI is InChI=1S/C25H29F2N3O5/c1-12-8-18(21(29-20(12)23(32)33)13-4-6-35-7-5-13)28-24(34)30-22-14-9-16(26)17(27)10-15(14)25(2,3)11-19(22)31/h8-10,13,19,22,31H,4-7,11H2,1-3H3,(H,32,33)(H2,28,30,34)/t19-,22-/m1/s1. The minimum atomic E-state index is -1.16. The molecule has 1 fully saturated rings. The third kappa shape index (κ3) is 4.99. The van der Waals surface area contributed by atoms with Crippen molar-refractivity contribution in [2.45, 2.75) is 63.5 Å². The number of benzene rings is 1. The monoisotopic (exact) mass is 489 g/mol. The Morgan fingerprint density at radius 2 is 1.80 bits per heavy atom. The van der Waals surface area contributed by atoms with Crippen LogP contribution in [-0.4, -0.2) is 46.5 Å². The van der Waals surface area contributed by atoms with E-state index in [1.807, 2.05) is 13.8 Å². The highest BCUT2D eigenvalue weighted by molar-refractivity contribution is 5.92. The second kappa shape index (κ2) is 9.50. The summed E-state index contributed by atoms with van der Waals surface area (Å²) < 4.78 is 33.5. The molecule has 10 heteroatoms. The molecular weight excluding hydrogens is 460 g/mol. The van der Waals surface area contributed by atoms with Crippen molar-refractivity contribution in [1.29, 1.82) is 0 Å². The number of aliphatic hydroxyl groups excluding tert-OH is 1. The number of pyridine rings is 1. The molecule has 35 heavy (non-hydrogen) atoms. The molecule has 2 amide bonds. The minimum absolute atomic E-state index is 0.0891. The summed E-state index contributed by atoms with van der Waals surface area (Å²) in [5, 5.41) is 25.7. The fourth-order valence-electron chi connectivity index (χ4n) is 5.06. The molecule has 1 aromatic heterocycles. The Balaban J connectivity index is 1.64. The van der Waals surface area contributed by atoms with E-state index < -0.39 is 41.2 Å². The van der Waals surface area contributed by atoms with Crippen molar-refractivity contribution in [1.82, 2.24) is 10.3 Å². The van der Waals surface area contributed by atoms with Gasteiger partial charge in [-0.2, -0.15) is 0 Å². The lowest BCUT2D eigenvalue weighted by Gasteiger charge is -2.40. The smallest absolute Gasteiger partial charge is 0.354 e. The number of hydrogen-bond donors (Lipinski definition) is 4. The van der Waals surface area contributed by atoms with Gasteiger partial charge in [0.15, 0.2) is 17.3 Å². The van der Waals surface area contributed by atoms with Gasteiger partial charge in [-0.15, -0.1) is 0 Å². The molecule has 188 valence electrons. The molecule has 0 spiro atoms. The molecule has 4 rings (SSSR count). The predicted octanol–water partition coefficient (Wildman–Crippen LogP) is 4.17. The van der Waals surface area contributed by atoms with E-state index in [1.54, 1.807) is 13.0 Å². The van der Waals surface area contributed by atoms with Gasteiger partial charge in [-0.25, -0.2) is 23.4 Å². The van der Waals surface area contributed by atoms with Crippen LogP contribution in [0.3, 0.4) is 0 Å². The molecule has 2 heterocycles. The molecule has 2 aromatic rings. The number of rotatable bonds is 4. The summed E-state index contributed by atoms with van der Waals surface area (Å²) >= 11 is 0. The summed E-state index contributed by atoms with van der Waals surface area (Å²) in [5.41, 5.74) is 1.29. The number of carboxylic acids is 1. The molecule has 2 aliphatic rings. The molecule has 2 atom stereocenters. The zero-order valence-electron chi connectivity index (χ0n) is 19.8. The number of nitrogens with zero attached hydrogens (tertiary/aromatic N) is 1. The topological polar surface area (TPSA) is 121 Å². The van der Waals surface area contributed by atoms with Crippen molar-refractivity contribution in [2.24, 2.45) is 0 Å². The van der Waals surface area contributed by atoms with Gasteiger partial charge in [0, 0.05) is 19.1 Å². The highest BCUT2D eigenvalue weighted by Gasteiger charge is 2.40. The molecule has 1 aromatic carbocycles. The number of aryl methyl sites for hydroxylation is 1. The Morgan fingerprint density at radius 1 is 1.14 bits per heavy atom. The number of hydrogen-bond acceptors (Lipinski definition) is 5. The molecule has 4 N–H and O–H groups in total. The van der Waals surface area contributed by atoms with Gasteiger partial charge < -0.3 is 25.6 Å². The number of aromatic nitrogens is 1. The lowest BCUT2D eigenvalue weighted by Crippen LogP contribution is -2.45. The Hall–Kier alpha value is -3.11. The van der Waals surface area contributed by atoms with Crippen LogP contribution >= 0.6 is 0 Å². The van der Waals surface area contributed by atoms with E-state index in [9.17, 15) is 28.6 Å². The van der Waals surface area contributed by atoms with E-state index in [0.29, 0.717) is 54.1 Å². The van der Waals surface area contributed by atoms with Crippen molar-refractivity contribution in [3.8, 4) is 0 Å². The average molecular weight is 490 g/mol. The molecule has 1 aliphatic carbocycles. The van der Waals surface area contributed by atoms with Crippen LogP contribution < -0.4 is 10.6 Å². The van der Waals surface area contributed by atoms with Gasteiger partial charge in [0.2, 0.25) is 0 Å². The number of carbonyl (C=O) groups excluding carboxylic acids is 1. The van der Waals surface area contributed by atoms with E-state index >= 15 is 0 Å². The van der Waals surface area contributed by atoms with Crippen LogP contribution in [0.1, 0.15) is 77.9 Å². The first-order chi connectivity index (χ1) is 16.5. The molecule has 0 unspecified atom stereocenters. The maximum Gasteiger partial charge on any atom is 0.354 e. The van der Waals surface area contributed by atoms with Crippen LogP contribution in [0, 0.1) is 18.6 Å². The Labute approximate surface area is 201 Å². The van der Waals surface area contributed by atoms with E-state index in [4.69, 9.17) is 4.74 Å². The number of fused-ring (bicyclic) bond motifs is 1. The van der Waals surface area contributed by atoms with E-state index in [0.717, 1.165) is 12.1 Å². The zero-order valence-corrected chi connectivity index (χ0v) is 19.8. The first kappa shape index (κ1) is 25.0. The maximum atomic E-state index is 14.1. The lowest BCUT2D eigenvalue weighted by molar-refractivity contribution is 0.0687. The third-order valence-electron chi connectivity index (χ3n) is 6.85. The zero-order chi connectivity index (χ0) is 25.5. The van der Waals surface area contributed by atoms with Gasteiger partial charge in [-0.3, -0.25) is 0 Å². The highest BCUT2D eigenvalue weighted by Crippen LogP contribution is 2.42. The van der Waals surface area contributed by atoms with Gasteiger partial charge >= 0.3 is 12.0 Å². The number of nitrogens with one attached hydrogen (secondary N) is 2. The second-order valence-corrected chi connectivity index (χ2v) is 9.86. The molecule has 1 saturated heterocycles. The van der Waals surface area contributed by atoms with Crippen molar-refractivity contribution in [3.05, 3.63) is 57.9 Å². The summed E-state index contributed by atoms with van der Waals surface area (Å²) in [5.74, 6) is -3.31. The number of halogens is 2. The second-order valence-electron chi connectivity index (χ2n) is 9.86. The highest BCUT2D eigenvalue weighted by atomic mass is 19.2. The average Bonchev–Trinajstić information content (AvgIpc) is 2.78. The number of anilines is 1. The van der Waals surface area contributed by atoms with Crippen molar-refractivity contribution in [3.63, 3.8) is 0 Å². The summed E-state index contributed by atoms with van der Waals surface area (Å²) in [4.78, 5) is 29.0. The third-order valence-corrected chi connectivity index (χ3v) is 6.85. The fraction of sp³-hybridized carbons (Fsp3) is 0.480. The van der Waals surface area contributed by atoms with E-state index in [2.05, 4.69) is 15.6 Å². The van der Waals surface area contributed by atoms with Crippen LogP contribution in [0.2, 0.25) is 0 Å². The normalized spacial score (nSPS) is 21.8. The number of amides is 2. The number of aliphatic hydroxyl groups is 1. The van der Waals surface area contributed by atoms with E-state index in [-0.39, 0.29) is 18.0 Å². The van der Waals surface area contributed by atoms with Crippen LogP contribution in [-0.2, 0) is 10.2 Å². The summed E-state index contributed by atoms with van der Waals surface area (Å²) in [6.07, 6.45) is 0.453. The summed E-state index contributed by atoms with van der Waals surface area (Å²) in [6.45, 7) is 6.23. The van der Waals surface area contributed by atoms with Gasteiger partial charge in [0.05, 0.1) is 23.5 Å². The van der Waals surface area contributed by atoms with Gasteiger partial charge in [0.1, 0.15) is 0 Å². The molecule has 0 bridgehead atoms.